The van der Waals surface area contributed by atoms with Crippen molar-refractivity contribution in [3.63, 3.8) is 0 Å². The number of aryl methyl sites for hydroxylation is 1. The fraction of sp³-hybridized carbons (Fsp3) is 0.312. The molecule has 0 spiro atoms. The van der Waals surface area contributed by atoms with Gasteiger partial charge in [-0.2, -0.15) is 0 Å². The zero-order valence-electron chi connectivity index (χ0n) is 11.7. The molecule has 2 rings (SSSR count). The summed E-state index contributed by atoms with van der Waals surface area (Å²) in [5.41, 5.74) is 2.33. The Bertz CT molecular complexity index is 549. The largest absolute Gasteiger partial charge is 0.306 e. The highest BCUT2D eigenvalue weighted by Crippen LogP contribution is 2.30. The standard InChI is InChI=1S/C16H18ClFN2/c1-3-9-19-16(12-8-7-11(2)20-10-12)15-13(17)5-4-6-14(15)18/h4-8,10,16,19H,3,9H2,1-2H3. The smallest absolute Gasteiger partial charge is 0.129 e. The van der Waals surface area contributed by atoms with Crippen molar-refractivity contribution in [2.45, 2.75) is 26.3 Å². The lowest BCUT2D eigenvalue weighted by molar-refractivity contribution is 0.546. The molecule has 0 saturated heterocycles. The van der Waals surface area contributed by atoms with Crippen LogP contribution in [0.2, 0.25) is 5.02 Å². The molecule has 1 atom stereocenters. The van der Waals surface area contributed by atoms with Gasteiger partial charge in [0.05, 0.1) is 6.04 Å². The maximum absolute atomic E-state index is 14.1. The van der Waals surface area contributed by atoms with Crippen LogP contribution in [0, 0.1) is 12.7 Å². The van der Waals surface area contributed by atoms with Gasteiger partial charge in [0.15, 0.2) is 0 Å². The van der Waals surface area contributed by atoms with Crippen LogP contribution in [-0.2, 0) is 0 Å². The highest BCUT2D eigenvalue weighted by atomic mass is 35.5. The number of hydrogen-bond donors (Lipinski definition) is 1. The van der Waals surface area contributed by atoms with Crippen LogP contribution in [-0.4, -0.2) is 11.5 Å². The molecule has 1 unspecified atom stereocenters. The van der Waals surface area contributed by atoms with Crippen molar-refractivity contribution in [2.24, 2.45) is 0 Å². The van der Waals surface area contributed by atoms with E-state index in [0.717, 1.165) is 24.2 Å². The van der Waals surface area contributed by atoms with Crippen LogP contribution < -0.4 is 5.32 Å². The molecule has 1 heterocycles. The number of nitrogens with zero attached hydrogens (tertiary/aromatic N) is 1. The van der Waals surface area contributed by atoms with Gasteiger partial charge in [0.25, 0.3) is 0 Å². The Kier molecular flexibility index (Phi) is 5.10. The molecule has 20 heavy (non-hydrogen) atoms. The van der Waals surface area contributed by atoms with E-state index in [1.807, 2.05) is 19.1 Å². The van der Waals surface area contributed by atoms with Gasteiger partial charge in [-0.15, -0.1) is 0 Å². The molecule has 0 radical (unpaired) electrons. The number of nitrogens with one attached hydrogen (secondary N) is 1. The number of rotatable bonds is 5. The Balaban J connectivity index is 2.44. The van der Waals surface area contributed by atoms with Crippen LogP contribution in [0.15, 0.2) is 36.5 Å². The first-order valence-corrected chi connectivity index (χ1v) is 7.11. The summed E-state index contributed by atoms with van der Waals surface area (Å²) in [5, 5.41) is 3.77. The predicted octanol–water partition coefficient (Wildman–Crippen LogP) is 4.27. The summed E-state index contributed by atoms with van der Waals surface area (Å²) in [4.78, 5) is 4.29. The lowest BCUT2D eigenvalue weighted by Gasteiger charge is -2.21. The molecule has 2 aromatic rings. The second-order valence-corrected chi connectivity index (χ2v) is 5.16. The van der Waals surface area contributed by atoms with E-state index in [4.69, 9.17) is 11.6 Å². The van der Waals surface area contributed by atoms with Gasteiger partial charge in [-0.05, 0) is 43.7 Å². The summed E-state index contributed by atoms with van der Waals surface area (Å²) in [6, 6.07) is 8.36. The first-order chi connectivity index (χ1) is 9.63. The first-order valence-electron chi connectivity index (χ1n) is 6.73. The molecule has 1 aromatic heterocycles. The molecule has 1 aromatic carbocycles. The predicted molar refractivity (Wildman–Crippen MR) is 80.5 cm³/mol. The zero-order valence-corrected chi connectivity index (χ0v) is 12.4. The van der Waals surface area contributed by atoms with E-state index in [2.05, 4.69) is 17.2 Å². The first kappa shape index (κ1) is 14.9. The van der Waals surface area contributed by atoms with Crippen LogP contribution in [0.1, 0.15) is 36.2 Å². The number of hydrogen-bond acceptors (Lipinski definition) is 2. The molecule has 0 fully saturated rings. The average Bonchev–Trinajstić information content (AvgIpc) is 2.43. The van der Waals surface area contributed by atoms with Gasteiger partial charge < -0.3 is 5.32 Å². The van der Waals surface area contributed by atoms with E-state index >= 15 is 0 Å². The Hall–Kier alpha value is -1.45. The average molecular weight is 293 g/mol. The summed E-state index contributed by atoms with van der Waals surface area (Å²) in [5.74, 6) is -0.299. The minimum atomic E-state index is -0.299. The van der Waals surface area contributed by atoms with Crippen molar-refractivity contribution >= 4 is 11.6 Å². The molecule has 1 N–H and O–H groups in total. The van der Waals surface area contributed by atoms with E-state index in [1.165, 1.54) is 6.07 Å². The third-order valence-electron chi connectivity index (χ3n) is 3.15. The Morgan fingerprint density at radius 3 is 2.70 bits per heavy atom. The van der Waals surface area contributed by atoms with Gasteiger partial charge in [0, 0.05) is 22.5 Å². The van der Waals surface area contributed by atoms with Crippen molar-refractivity contribution < 1.29 is 4.39 Å². The van der Waals surface area contributed by atoms with Crippen LogP contribution in [0.5, 0.6) is 0 Å². The minimum Gasteiger partial charge on any atom is -0.306 e. The normalized spacial score (nSPS) is 12.4. The molecular weight excluding hydrogens is 275 g/mol. The van der Waals surface area contributed by atoms with Gasteiger partial charge in [-0.3, -0.25) is 4.98 Å². The third-order valence-corrected chi connectivity index (χ3v) is 3.48. The SMILES string of the molecule is CCCNC(c1ccc(C)nc1)c1c(F)cccc1Cl. The topological polar surface area (TPSA) is 24.9 Å². The van der Waals surface area contributed by atoms with Gasteiger partial charge >= 0.3 is 0 Å². The van der Waals surface area contributed by atoms with Crippen LogP contribution in [0.4, 0.5) is 4.39 Å². The lowest BCUT2D eigenvalue weighted by atomic mass is 9.99. The monoisotopic (exact) mass is 292 g/mol. The quantitative estimate of drug-likeness (QED) is 0.890. The second-order valence-electron chi connectivity index (χ2n) is 4.76. The molecule has 0 saturated carbocycles. The van der Waals surface area contributed by atoms with Crippen molar-refractivity contribution in [3.8, 4) is 0 Å². The highest BCUT2D eigenvalue weighted by Gasteiger charge is 2.20. The molecular formula is C16H18ClFN2. The number of pyridine rings is 1. The van der Waals surface area contributed by atoms with Crippen molar-refractivity contribution in [2.75, 3.05) is 6.54 Å². The van der Waals surface area contributed by atoms with E-state index < -0.39 is 0 Å². The van der Waals surface area contributed by atoms with Crippen LogP contribution in [0.25, 0.3) is 0 Å². The minimum absolute atomic E-state index is 0.281. The maximum Gasteiger partial charge on any atom is 0.129 e. The summed E-state index contributed by atoms with van der Waals surface area (Å²) >= 11 is 6.18. The van der Waals surface area contributed by atoms with E-state index in [9.17, 15) is 4.39 Å². The molecule has 0 aliphatic heterocycles. The molecule has 106 valence electrons. The Labute approximate surface area is 124 Å². The molecule has 4 heteroatoms. The fourth-order valence-corrected chi connectivity index (χ4v) is 2.38. The van der Waals surface area contributed by atoms with E-state index in [1.54, 1.807) is 18.3 Å². The highest BCUT2D eigenvalue weighted by molar-refractivity contribution is 6.31. The van der Waals surface area contributed by atoms with Crippen molar-refractivity contribution in [1.82, 2.24) is 10.3 Å². The molecule has 0 aliphatic carbocycles. The molecule has 0 amide bonds. The summed E-state index contributed by atoms with van der Waals surface area (Å²) in [6.45, 7) is 4.78. The summed E-state index contributed by atoms with van der Waals surface area (Å²) < 4.78 is 14.1. The van der Waals surface area contributed by atoms with E-state index in [-0.39, 0.29) is 11.9 Å². The van der Waals surface area contributed by atoms with E-state index in [0.29, 0.717) is 10.6 Å². The molecule has 0 bridgehead atoms. The fourth-order valence-electron chi connectivity index (χ4n) is 2.11. The Morgan fingerprint density at radius 1 is 1.30 bits per heavy atom. The summed E-state index contributed by atoms with van der Waals surface area (Å²) in [7, 11) is 0. The second kappa shape index (κ2) is 6.82. The van der Waals surface area contributed by atoms with Crippen LogP contribution in [0.3, 0.4) is 0 Å². The van der Waals surface area contributed by atoms with Crippen LogP contribution >= 0.6 is 11.6 Å². The van der Waals surface area contributed by atoms with Gasteiger partial charge in [-0.1, -0.05) is 30.7 Å². The summed E-state index contributed by atoms with van der Waals surface area (Å²) in [6.07, 6.45) is 2.73. The Morgan fingerprint density at radius 2 is 2.10 bits per heavy atom. The number of benzene rings is 1. The van der Waals surface area contributed by atoms with Gasteiger partial charge in [0.1, 0.15) is 5.82 Å². The van der Waals surface area contributed by atoms with Crippen molar-refractivity contribution in [3.05, 3.63) is 64.2 Å². The number of aromatic nitrogens is 1. The lowest BCUT2D eigenvalue weighted by Crippen LogP contribution is -2.24. The molecule has 0 aliphatic rings. The number of halogens is 2. The maximum atomic E-state index is 14.1. The van der Waals surface area contributed by atoms with Crippen molar-refractivity contribution in [1.29, 1.82) is 0 Å². The third kappa shape index (κ3) is 3.35. The zero-order chi connectivity index (χ0) is 14.5. The van der Waals surface area contributed by atoms with Gasteiger partial charge in [-0.25, -0.2) is 4.39 Å². The molecule has 2 nitrogen and oxygen atoms in total. The van der Waals surface area contributed by atoms with Gasteiger partial charge in [0.2, 0.25) is 0 Å².